The molecule has 1 aromatic heterocycles. The van der Waals surface area contributed by atoms with Crippen molar-refractivity contribution in [3.8, 4) is 5.75 Å². The summed E-state index contributed by atoms with van der Waals surface area (Å²) < 4.78 is 40.9. The van der Waals surface area contributed by atoms with Crippen LogP contribution in [0.1, 0.15) is 16.9 Å². The maximum Gasteiger partial charge on any atom is 0.573 e. The number of hydrogen-bond donors (Lipinski definition) is 4. The summed E-state index contributed by atoms with van der Waals surface area (Å²) in [4.78, 5) is 21.0. The van der Waals surface area contributed by atoms with Crippen LogP contribution in [0.25, 0.3) is 10.9 Å². The summed E-state index contributed by atoms with van der Waals surface area (Å²) in [7, 11) is 0. The zero-order chi connectivity index (χ0) is 18.9. The highest BCUT2D eigenvalue weighted by Crippen LogP contribution is 2.29. The molecule has 1 aromatic carbocycles. The minimum Gasteiger partial charge on any atom is -0.483 e. The molecule has 4 rings (SSSR count). The Hall–Kier alpha value is -2.66. The van der Waals surface area contributed by atoms with Crippen LogP contribution in [0.3, 0.4) is 0 Å². The number of H-pyrrole nitrogens is 1. The van der Waals surface area contributed by atoms with Crippen LogP contribution in [0, 0.1) is 0 Å². The van der Waals surface area contributed by atoms with E-state index in [0.29, 0.717) is 10.9 Å². The second-order valence-corrected chi connectivity index (χ2v) is 5.89. The first-order valence-corrected chi connectivity index (χ1v) is 7.67. The van der Waals surface area contributed by atoms with Crippen LogP contribution in [0.4, 0.5) is 13.2 Å². The van der Waals surface area contributed by atoms with Crippen molar-refractivity contribution in [2.24, 2.45) is 0 Å². The summed E-state index contributed by atoms with van der Waals surface area (Å²) in [6.07, 6.45) is -3.92. The molecule has 4 N–H and O–H groups in total. The zero-order valence-electron chi connectivity index (χ0n) is 13.2. The van der Waals surface area contributed by atoms with Gasteiger partial charge in [-0.3, -0.25) is 14.7 Å². The third kappa shape index (κ3) is 3.63. The Morgan fingerprint density at radius 1 is 1.38 bits per heavy atom. The molecule has 0 spiro atoms. The van der Waals surface area contributed by atoms with Crippen molar-refractivity contribution in [1.29, 1.82) is 0 Å². The number of aromatic nitrogens is 2. The molecule has 0 radical (unpaired) electrons. The topological polar surface area (TPSA) is 116 Å². The van der Waals surface area contributed by atoms with Gasteiger partial charge in [0.2, 0.25) is 5.78 Å². The van der Waals surface area contributed by atoms with Crippen LogP contribution in [0.2, 0.25) is 0 Å². The Morgan fingerprint density at radius 3 is 2.69 bits per heavy atom. The summed E-state index contributed by atoms with van der Waals surface area (Å²) in [6, 6.07) is 3.65. The van der Waals surface area contributed by atoms with Crippen molar-refractivity contribution in [2.75, 3.05) is 6.54 Å². The molecule has 0 amide bonds. The van der Waals surface area contributed by atoms with E-state index >= 15 is 0 Å². The lowest BCUT2D eigenvalue weighted by Crippen LogP contribution is -2.52. The number of ether oxygens (including phenoxy) is 1. The second-order valence-electron chi connectivity index (χ2n) is 5.89. The Kier molecular flexibility index (Phi) is 4.83. The monoisotopic (exact) mass is 372 g/mol. The fraction of sp³-hybridized carbons (Fsp3) is 0.400. The fourth-order valence-electron chi connectivity index (χ4n) is 3.30. The largest absolute Gasteiger partial charge is 0.573 e. The van der Waals surface area contributed by atoms with Crippen LogP contribution in [-0.4, -0.2) is 58.6 Å². The SMILES string of the molecule is O=C(c1n[nH]c2ccc(OC(F)(F)F)cc12)C1N[C@H]2CN[C@H]1C2.O=CO. The van der Waals surface area contributed by atoms with Gasteiger partial charge >= 0.3 is 6.36 Å². The predicted molar refractivity (Wildman–Crippen MR) is 82.9 cm³/mol. The molecule has 26 heavy (non-hydrogen) atoms. The van der Waals surface area contributed by atoms with Crippen molar-refractivity contribution in [3.05, 3.63) is 23.9 Å². The molecule has 11 heteroatoms. The number of piperazine rings is 1. The van der Waals surface area contributed by atoms with Gasteiger partial charge in [-0.2, -0.15) is 5.10 Å². The average molecular weight is 372 g/mol. The normalized spacial score (nSPS) is 24.2. The Morgan fingerprint density at radius 2 is 2.12 bits per heavy atom. The van der Waals surface area contributed by atoms with Gasteiger partial charge in [0.05, 0.1) is 11.6 Å². The summed E-state index contributed by atoms with van der Waals surface area (Å²) in [5, 5.41) is 20.3. The Balaban J connectivity index is 0.000000613. The van der Waals surface area contributed by atoms with Crippen LogP contribution < -0.4 is 15.4 Å². The number of carbonyl (C=O) groups excluding carboxylic acids is 1. The molecule has 0 saturated carbocycles. The molecule has 2 aliphatic heterocycles. The van der Waals surface area contributed by atoms with Crippen LogP contribution in [-0.2, 0) is 4.79 Å². The van der Waals surface area contributed by atoms with E-state index in [0.717, 1.165) is 13.0 Å². The summed E-state index contributed by atoms with van der Waals surface area (Å²) >= 11 is 0. The lowest BCUT2D eigenvalue weighted by atomic mass is 10.0. The minimum atomic E-state index is -4.78. The molecular weight excluding hydrogens is 357 g/mol. The molecule has 8 nitrogen and oxygen atoms in total. The molecule has 2 fully saturated rings. The van der Waals surface area contributed by atoms with Gasteiger partial charge in [0.1, 0.15) is 11.4 Å². The van der Waals surface area contributed by atoms with Crippen molar-refractivity contribution in [3.63, 3.8) is 0 Å². The van der Waals surface area contributed by atoms with Gasteiger partial charge in [0.15, 0.2) is 0 Å². The number of fused-ring (bicyclic) bond motifs is 3. The summed E-state index contributed by atoms with van der Waals surface area (Å²) in [5.41, 5.74) is 0.610. The molecule has 0 aliphatic carbocycles. The number of halogens is 3. The van der Waals surface area contributed by atoms with Gasteiger partial charge in [-0.1, -0.05) is 0 Å². The Bertz CT molecular complexity index is 823. The van der Waals surface area contributed by atoms with E-state index in [4.69, 9.17) is 9.90 Å². The third-order valence-corrected chi connectivity index (χ3v) is 4.27. The number of ketones is 1. The molecule has 2 bridgehead atoms. The van der Waals surface area contributed by atoms with Crippen LogP contribution in [0.5, 0.6) is 5.75 Å². The number of hydrogen-bond acceptors (Lipinski definition) is 6. The van der Waals surface area contributed by atoms with Crippen molar-refractivity contribution in [1.82, 2.24) is 20.8 Å². The van der Waals surface area contributed by atoms with E-state index in [-0.39, 0.29) is 35.8 Å². The molecule has 2 aliphatic rings. The number of benzene rings is 1. The van der Waals surface area contributed by atoms with Crippen molar-refractivity contribution in [2.45, 2.75) is 30.9 Å². The predicted octanol–water partition coefficient (Wildman–Crippen LogP) is 1.05. The van der Waals surface area contributed by atoms with Gasteiger partial charge in [-0.05, 0) is 24.6 Å². The van der Waals surface area contributed by atoms with E-state index in [2.05, 4.69) is 25.6 Å². The van der Waals surface area contributed by atoms with Crippen LogP contribution in [0.15, 0.2) is 18.2 Å². The standard InChI is InChI=1S/C14H13F3N4O2.CH2O2/c15-14(16,17)23-7-1-2-9-8(4-7)11(21-20-9)13(22)12-10-3-6(19-12)5-18-10;2-1-3/h1-2,4,6,10,12,18-19H,3,5H2,(H,20,21);1H,(H,2,3)/t6-,10+,12?;/m1./s1. The first kappa shape index (κ1) is 18.1. The molecule has 2 saturated heterocycles. The highest BCUT2D eigenvalue weighted by atomic mass is 19.4. The van der Waals surface area contributed by atoms with Crippen molar-refractivity contribution < 1.29 is 32.6 Å². The quantitative estimate of drug-likeness (QED) is 0.470. The van der Waals surface area contributed by atoms with Gasteiger partial charge in [-0.15, -0.1) is 13.2 Å². The van der Waals surface area contributed by atoms with Crippen LogP contribution >= 0.6 is 0 Å². The van der Waals surface area contributed by atoms with E-state index in [9.17, 15) is 18.0 Å². The number of Topliss-reactive ketones (excluding diaryl/α,β-unsaturated/α-hetero) is 1. The zero-order valence-corrected chi connectivity index (χ0v) is 13.2. The number of aromatic amines is 1. The minimum absolute atomic E-state index is 0.0360. The van der Waals surface area contributed by atoms with Gasteiger partial charge < -0.3 is 20.5 Å². The molecule has 140 valence electrons. The molecule has 1 unspecified atom stereocenters. The number of carbonyl (C=O) groups is 2. The van der Waals surface area contributed by atoms with E-state index in [1.165, 1.54) is 18.2 Å². The van der Waals surface area contributed by atoms with E-state index in [1.807, 2.05) is 0 Å². The summed E-state index contributed by atoms with van der Waals surface area (Å²) in [6.45, 7) is 0.569. The van der Waals surface area contributed by atoms with E-state index in [1.54, 1.807) is 0 Å². The molecule has 2 aromatic rings. The highest BCUT2D eigenvalue weighted by Gasteiger charge is 2.43. The lowest BCUT2D eigenvalue weighted by molar-refractivity contribution is -0.274. The van der Waals surface area contributed by atoms with Crippen molar-refractivity contribution >= 4 is 23.2 Å². The average Bonchev–Trinajstić information content (AvgIpc) is 3.28. The van der Waals surface area contributed by atoms with Gasteiger partial charge in [0, 0.05) is 24.0 Å². The second kappa shape index (κ2) is 6.92. The molecular formula is C15H15F3N4O4. The number of carboxylic acid groups (broad SMARTS) is 1. The van der Waals surface area contributed by atoms with E-state index < -0.39 is 12.4 Å². The van der Waals surface area contributed by atoms with Gasteiger partial charge in [-0.25, -0.2) is 0 Å². The smallest absolute Gasteiger partial charge is 0.483 e. The number of nitrogens with zero attached hydrogens (tertiary/aromatic N) is 1. The fourth-order valence-corrected chi connectivity index (χ4v) is 3.30. The first-order chi connectivity index (χ1) is 12.3. The molecule has 3 heterocycles. The number of alkyl halides is 3. The lowest BCUT2D eigenvalue weighted by Gasteiger charge is -2.22. The maximum atomic E-state index is 12.7. The highest BCUT2D eigenvalue weighted by molar-refractivity contribution is 6.09. The number of nitrogens with one attached hydrogen (secondary N) is 3. The summed E-state index contributed by atoms with van der Waals surface area (Å²) in [5.74, 6) is -0.611. The Labute approximate surface area is 144 Å². The first-order valence-electron chi connectivity index (χ1n) is 7.67. The third-order valence-electron chi connectivity index (χ3n) is 4.27. The van der Waals surface area contributed by atoms with Gasteiger partial charge in [0.25, 0.3) is 6.47 Å². The molecule has 3 atom stereocenters. The number of rotatable bonds is 3. The maximum absolute atomic E-state index is 12.7.